The van der Waals surface area contributed by atoms with E-state index in [0.717, 1.165) is 28.2 Å². The van der Waals surface area contributed by atoms with Crippen LogP contribution in [0.3, 0.4) is 0 Å². The maximum absolute atomic E-state index is 12.6. The van der Waals surface area contributed by atoms with E-state index in [1.807, 2.05) is 36.4 Å². The Balaban J connectivity index is 1.44. The van der Waals surface area contributed by atoms with Crippen molar-refractivity contribution >= 4 is 16.9 Å². The second kappa shape index (κ2) is 10.2. The Morgan fingerprint density at radius 2 is 1.79 bits per heavy atom. The number of para-hydroxylation sites is 3. The van der Waals surface area contributed by atoms with Gasteiger partial charge in [-0.25, -0.2) is 4.98 Å². The summed E-state index contributed by atoms with van der Waals surface area (Å²) in [6.45, 7) is 5.81. The standard InChI is InChI=1S/C27H29N3O3/c1-19-12-13-24(20(2)18-19)33-17-16-30-23-10-6-5-9-22(23)29-26(30)14-15-28-27(31)21-8-4-7-11-25(21)32-3/h4-13,18H,14-17H2,1-3H3,(H,28,31). The molecular weight excluding hydrogens is 414 g/mol. The number of methoxy groups -OCH3 is 1. The quantitative estimate of drug-likeness (QED) is 0.407. The van der Waals surface area contributed by atoms with E-state index in [0.29, 0.717) is 37.4 Å². The number of imidazole rings is 1. The van der Waals surface area contributed by atoms with Crippen molar-refractivity contribution in [1.29, 1.82) is 0 Å². The highest BCUT2D eigenvalue weighted by atomic mass is 16.5. The molecule has 170 valence electrons. The van der Waals surface area contributed by atoms with Gasteiger partial charge in [0.15, 0.2) is 0 Å². The number of hydrogen-bond donors (Lipinski definition) is 1. The van der Waals surface area contributed by atoms with Crippen molar-refractivity contribution in [2.24, 2.45) is 0 Å². The monoisotopic (exact) mass is 443 g/mol. The maximum Gasteiger partial charge on any atom is 0.255 e. The first kappa shape index (κ1) is 22.4. The number of carbonyl (C=O) groups excluding carboxylic acids is 1. The first-order chi connectivity index (χ1) is 16.1. The molecule has 0 saturated heterocycles. The van der Waals surface area contributed by atoms with Gasteiger partial charge in [-0.15, -0.1) is 0 Å². The van der Waals surface area contributed by atoms with Crippen molar-refractivity contribution in [3.05, 3.63) is 89.2 Å². The normalized spacial score (nSPS) is 10.9. The van der Waals surface area contributed by atoms with E-state index in [-0.39, 0.29) is 5.91 Å². The molecule has 1 heterocycles. The third-order valence-electron chi connectivity index (χ3n) is 5.62. The Labute approximate surface area is 194 Å². The smallest absolute Gasteiger partial charge is 0.255 e. The summed E-state index contributed by atoms with van der Waals surface area (Å²) < 4.78 is 13.5. The fourth-order valence-corrected chi connectivity index (χ4v) is 3.99. The molecule has 0 spiro atoms. The molecule has 0 radical (unpaired) electrons. The molecule has 3 aromatic carbocycles. The molecule has 0 saturated carbocycles. The Hall–Kier alpha value is -3.80. The number of amides is 1. The van der Waals surface area contributed by atoms with Crippen molar-refractivity contribution in [1.82, 2.24) is 14.9 Å². The topological polar surface area (TPSA) is 65.4 Å². The van der Waals surface area contributed by atoms with Crippen LogP contribution in [0.15, 0.2) is 66.7 Å². The molecule has 0 unspecified atom stereocenters. The van der Waals surface area contributed by atoms with Crippen LogP contribution in [0, 0.1) is 13.8 Å². The number of fused-ring (bicyclic) bond motifs is 1. The van der Waals surface area contributed by atoms with E-state index in [9.17, 15) is 4.79 Å². The van der Waals surface area contributed by atoms with Gasteiger partial charge in [0, 0.05) is 13.0 Å². The van der Waals surface area contributed by atoms with Crippen LogP contribution < -0.4 is 14.8 Å². The number of ether oxygens (including phenoxy) is 2. The molecular formula is C27H29N3O3. The highest BCUT2D eigenvalue weighted by molar-refractivity contribution is 5.96. The average Bonchev–Trinajstić information content (AvgIpc) is 3.17. The van der Waals surface area contributed by atoms with Gasteiger partial charge in [-0.2, -0.15) is 0 Å². The highest BCUT2D eigenvalue weighted by Crippen LogP contribution is 2.21. The summed E-state index contributed by atoms with van der Waals surface area (Å²) in [6, 6.07) is 21.5. The molecule has 33 heavy (non-hydrogen) atoms. The number of carbonyl (C=O) groups is 1. The summed E-state index contributed by atoms with van der Waals surface area (Å²) in [7, 11) is 1.56. The van der Waals surface area contributed by atoms with Crippen LogP contribution in [-0.4, -0.2) is 35.7 Å². The molecule has 0 aliphatic rings. The van der Waals surface area contributed by atoms with Gasteiger partial charge in [0.05, 0.1) is 30.3 Å². The largest absolute Gasteiger partial charge is 0.496 e. The van der Waals surface area contributed by atoms with Crippen LogP contribution in [0.5, 0.6) is 11.5 Å². The van der Waals surface area contributed by atoms with Crippen LogP contribution in [0.25, 0.3) is 11.0 Å². The fourth-order valence-electron chi connectivity index (χ4n) is 3.99. The van der Waals surface area contributed by atoms with Gasteiger partial charge in [-0.05, 0) is 49.7 Å². The Kier molecular flexibility index (Phi) is 6.93. The van der Waals surface area contributed by atoms with E-state index in [1.54, 1.807) is 19.2 Å². The molecule has 0 bridgehead atoms. The predicted octanol–water partition coefficient (Wildman–Crippen LogP) is 4.71. The minimum atomic E-state index is -0.159. The van der Waals surface area contributed by atoms with Gasteiger partial charge < -0.3 is 19.4 Å². The van der Waals surface area contributed by atoms with E-state index in [2.05, 4.69) is 41.9 Å². The number of nitrogens with one attached hydrogen (secondary N) is 1. The summed E-state index contributed by atoms with van der Waals surface area (Å²) >= 11 is 0. The van der Waals surface area contributed by atoms with Crippen LogP contribution in [0.1, 0.15) is 27.3 Å². The summed E-state index contributed by atoms with van der Waals surface area (Å²) in [5, 5.41) is 2.98. The lowest BCUT2D eigenvalue weighted by atomic mass is 10.1. The molecule has 0 aliphatic heterocycles. The minimum Gasteiger partial charge on any atom is -0.496 e. The zero-order valence-electron chi connectivity index (χ0n) is 19.3. The molecule has 1 amide bonds. The first-order valence-electron chi connectivity index (χ1n) is 11.1. The van der Waals surface area contributed by atoms with E-state index >= 15 is 0 Å². The van der Waals surface area contributed by atoms with Crippen molar-refractivity contribution in [3.8, 4) is 11.5 Å². The molecule has 0 fully saturated rings. The zero-order chi connectivity index (χ0) is 23.2. The average molecular weight is 444 g/mol. The van der Waals surface area contributed by atoms with E-state index in [4.69, 9.17) is 14.5 Å². The molecule has 0 atom stereocenters. The lowest BCUT2D eigenvalue weighted by Crippen LogP contribution is -2.27. The number of aromatic nitrogens is 2. The van der Waals surface area contributed by atoms with Gasteiger partial charge in [-0.3, -0.25) is 4.79 Å². The number of benzene rings is 3. The SMILES string of the molecule is COc1ccccc1C(=O)NCCc1nc2ccccc2n1CCOc1ccc(C)cc1C. The second-order valence-corrected chi connectivity index (χ2v) is 7.99. The van der Waals surface area contributed by atoms with Crippen molar-refractivity contribution in [2.75, 3.05) is 20.3 Å². The maximum atomic E-state index is 12.6. The minimum absolute atomic E-state index is 0.159. The number of aryl methyl sites for hydroxylation is 2. The van der Waals surface area contributed by atoms with Crippen LogP contribution in [0.4, 0.5) is 0 Å². The van der Waals surface area contributed by atoms with Gasteiger partial charge in [0.25, 0.3) is 5.91 Å². The van der Waals surface area contributed by atoms with Crippen molar-refractivity contribution < 1.29 is 14.3 Å². The summed E-state index contributed by atoms with van der Waals surface area (Å²) in [5.74, 6) is 2.22. The Bertz CT molecular complexity index is 1260. The summed E-state index contributed by atoms with van der Waals surface area (Å²) in [4.78, 5) is 17.4. The number of hydrogen-bond acceptors (Lipinski definition) is 4. The van der Waals surface area contributed by atoms with E-state index < -0.39 is 0 Å². The molecule has 4 aromatic rings. The van der Waals surface area contributed by atoms with Gasteiger partial charge in [0.2, 0.25) is 0 Å². The molecule has 1 N–H and O–H groups in total. The fraction of sp³-hybridized carbons (Fsp3) is 0.259. The summed E-state index contributed by atoms with van der Waals surface area (Å²) in [5.41, 5.74) is 4.88. The predicted molar refractivity (Wildman–Crippen MR) is 130 cm³/mol. The Morgan fingerprint density at radius 3 is 2.61 bits per heavy atom. The van der Waals surface area contributed by atoms with Crippen LogP contribution in [-0.2, 0) is 13.0 Å². The first-order valence-corrected chi connectivity index (χ1v) is 11.1. The lowest BCUT2D eigenvalue weighted by Gasteiger charge is -2.13. The van der Waals surface area contributed by atoms with E-state index in [1.165, 1.54) is 5.56 Å². The molecule has 6 heteroatoms. The summed E-state index contributed by atoms with van der Waals surface area (Å²) in [6.07, 6.45) is 0.610. The molecule has 0 aliphatic carbocycles. The molecule has 6 nitrogen and oxygen atoms in total. The lowest BCUT2D eigenvalue weighted by molar-refractivity contribution is 0.0951. The van der Waals surface area contributed by atoms with Gasteiger partial charge >= 0.3 is 0 Å². The van der Waals surface area contributed by atoms with Crippen LogP contribution >= 0.6 is 0 Å². The Morgan fingerprint density at radius 1 is 1.00 bits per heavy atom. The molecule has 1 aromatic heterocycles. The van der Waals surface area contributed by atoms with Crippen molar-refractivity contribution in [3.63, 3.8) is 0 Å². The third-order valence-corrected chi connectivity index (χ3v) is 5.62. The van der Waals surface area contributed by atoms with Gasteiger partial charge in [0.1, 0.15) is 23.9 Å². The van der Waals surface area contributed by atoms with Gasteiger partial charge in [-0.1, -0.05) is 42.0 Å². The zero-order valence-corrected chi connectivity index (χ0v) is 19.3. The molecule has 4 rings (SSSR count). The number of rotatable bonds is 9. The third kappa shape index (κ3) is 5.17. The van der Waals surface area contributed by atoms with Crippen molar-refractivity contribution in [2.45, 2.75) is 26.8 Å². The number of nitrogens with zero attached hydrogens (tertiary/aromatic N) is 2. The highest BCUT2D eigenvalue weighted by Gasteiger charge is 2.14. The van der Waals surface area contributed by atoms with Crippen LogP contribution in [0.2, 0.25) is 0 Å². The second-order valence-electron chi connectivity index (χ2n) is 7.99.